The molecular formula is C27H29N2O7P. The van der Waals surface area contributed by atoms with Crippen molar-refractivity contribution in [3.63, 3.8) is 0 Å². The Hall–Kier alpha value is -3.55. The van der Waals surface area contributed by atoms with Crippen LogP contribution in [0.4, 0.5) is 0 Å². The number of ether oxygens (including phenoxy) is 1. The molecule has 1 N–H and O–H groups in total. The van der Waals surface area contributed by atoms with Crippen LogP contribution in [0.2, 0.25) is 0 Å². The quantitative estimate of drug-likeness (QED) is 0.362. The van der Waals surface area contributed by atoms with Gasteiger partial charge in [-0.2, -0.15) is 4.57 Å². The highest BCUT2D eigenvalue weighted by Crippen LogP contribution is 2.57. The number of para-hydroxylation sites is 2. The van der Waals surface area contributed by atoms with Crippen molar-refractivity contribution in [3.8, 4) is 17.4 Å². The number of aromatic nitrogens is 2. The maximum atomic E-state index is 13.7. The molecule has 0 amide bonds. The summed E-state index contributed by atoms with van der Waals surface area (Å²) in [5.41, 5.74) is -0.483. The molecule has 3 aromatic rings. The molecule has 0 radical (unpaired) electrons. The highest BCUT2D eigenvalue weighted by molar-refractivity contribution is 7.49. The average Bonchev–Trinajstić information content (AvgIpc) is 3.49. The third kappa shape index (κ3) is 5.73. The van der Waals surface area contributed by atoms with Crippen LogP contribution in [-0.2, 0) is 26.5 Å². The number of carbonyl (C=O) groups is 1. The SMILES string of the molecule is CC(=O)COc1cc(C2(O)CC3C=C(OP(=O)(Oc4ccccc4)Oc4ccccc4)CC3C2)n(C)n1. The zero-order valence-electron chi connectivity index (χ0n) is 20.6. The van der Waals surface area contributed by atoms with Crippen molar-refractivity contribution in [2.24, 2.45) is 18.9 Å². The minimum absolute atomic E-state index is 0.0124. The van der Waals surface area contributed by atoms with Gasteiger partial charge < -0.3 is 23.4 Å². The first kappa shape index (κ1) is 25.1. The number of phosphoric ester groups is 1. The molecule has 0 saturated heterocycles. The molecule has 2 aliphatic rings. The Balaban J connectivity index is 1.31. The fraction of sp³-hybridized carbons (Fsp3) is 0.333. The van der Waals surface area contributed by atoms with Gasteiger partial charge in [0, 0.05) is 19.5 Å². The number of aliphatic hydroxyl groups is 1. The van der Waals surface area contributed by atoms with Crippen LogP contribution in [0.5, 0.6) is 17.4 Å². The molecular weight excluding hydrogens is 495 g/mol. The molecule has 1 saturated carbocycles. The minimum atomic E-state index is -4.05. The summed E-state index contributed by atoms with van der Waals surface area (Å²) >= 11 is 0. The number of ketones is 1. The molecule has 0 aliphatic heterocycles. The molecule has 194 valence electrons. The number of aryl methyl sites for hydroxylation is 1. The van der Waals surface area contributed by atoms with E-state index in [9.17, 15) is 14.5 Å². The maximum absolute atomic E-state index is 13.7. The van der Waals surface area contributed by atoms with Gasteiger partial charge in [-0.15, -0.1) is 5.10 Å². The molecule has 5 rings (SSSR count). The molecule has 3 unspecified atom stereocenters. The number of allylic oxidation sites excluding steroid dienone is 2. The Labute approximate surface area is 215 Å². The van der Waals surface area contributed by atoms with Gasteiger partial charge in [0.05, 0.1) is 5.69 Å². The summed E-state index contributed by atoms with van der Waals surface area (Å²) in [5.74, 6) is 1.54. The standard InChI is InChI=1S/C27H29N2O7P/c1-19(30)18-33-26-15-25(29(2)28-26)27(31)16-20-13-24(14-21(20)17-27)36-37(32,34-22-9-5-3-6-10-22)35-23-11-7-4-8-12-23/h3-13,15,20-21,31H,14,16-18H2,1-2H3. The second-order valence-electron chi connectivity index (χ2n) is 9.53. The second kappa shape index (κ2) is 10.1. The number of nitrogens with zero attached hydrogens (tertiary/aromatic N) is 2. The number of carbonyl (C=O) groups excluding carboxylic acids is 1. The lowest BCUT2D eigenvalue weighted by molar-refractivity contribution is -0.119. The van der Waals surface area contributed by atoms with Gasteiger partial charge in [-0.1, -0.05) is 36.4 Å². The van der Waals surface area contributed by atoms with E-state index in [0.29, 0.717) is 48.1 Å². The highest BCUT2D eigenvalue weighted by Gasteiger charge is 2.50. The fourth-order valence-electron chi connectivity index (χ4n) is 5.03. The van der Waals surface area contributed by atoms with Crippen molar-refractivity contribution in [2.75, 3.05) is 6.61 Å². The molecule has 0 bridgehead atoms. The summed E-state index contributed by atoms with van der Waals surface area (Å²) in [4.78, 5) is 11.2. The van der Waals surface area contributed by atoms with E-state index >= 15 is 0 Å². The zero-order valence-corrected chi connectivity index (χ0v) is 21.5. The second-order valence-corrected chi connectivity index (χ2v) is 11.0. The van der Waals surface area contributed by atoms with Crippen LogP contribution >= 0.6 is 7.82 Å². The third-order valence-corrected chi connectivity index (χ3v) is 7.88. The van der Waals surface area contributed by atoms with E-state index in [1.165, 1.54) is 6.92 Å². The van der Waals surface area contributed by atoms with Crippen LogP contribution in [0.1, 0.15) is 31.9 Å². The molecule has 2 aliphatic carbocycles. The Kier molecular flexibility index (Phi) is 6.84. The van der Waals surface area contributed by atoms with Crippen molar-refractivity contribution in [1.29, 1.82) is 0 Å². The monoisotopic (exact) mass is 524 g/mol. The van der Waals surface area contributed by atoms with Crippen molar-refractivity contribution < 1.29 is 32.8 Å². The van der Waals surface area contributed by atoms with Gasteiger partial charge in [0.25, 0.3) is 0 Å². The molecule has 1 heterocycles. The van der Waals surface area contributed by atoms with Gasteiger partial charge in [0.2, 0.25) is 5.88 Å². The summed E-state index contributed by atoms with van der Waals surface area (Å²) in [6.07, 6.45) is 3.30. The summed E-state index contributed by atoms with van der Waals surface area (Å²) < 4.78 is 38.1. The first-order chi connectivity index (χ1) is 17.7. The number of fused-ring (bicyclic) bond motifs is 1. The van der Waals surface area contributed by atoms with E-state index in [1.54, 1.807) is 66.3 Å². The summed E-state index contributed by atoms with van der Waals surface area (Å²) in [6.45, 7) is 1.37. The number of benzene rings is 2. The van der Waals surface area contributed by atoms with Gasteiger partial charge in [-0.05, 0) is 61.9 Å². The van der Waals surface area contributed by atoms with E-state index < -0.39 is 13.4 Å². The number of hydrogen-bond donors (Lipinski definition) is 1. The van der Waals surface area contributed by atoms with Crippen molar-refractivity contribution in [3.05, 3.63) is 84.3 Å². The van der Waals surface area contributed by atoms with Crippen molar-refractivity contribution in [2.45, 2.75) is 31.8 Å². The minimum Gasteiger partial charge on any atom is -0.469 e. The lowest BCUT2D eigenvalue weighted by Crippen LogP contribution is -2.25. The van der Waals surface area contributed by atoms with E-state index in [4.69, 9.17) is 18.3 Å². The topological polar surface area (TPSA) is 109 Å². The van der Waals surface area contributed by atoms with E-state index in [2.05, 4.69) is 5.10 Å². The van der Waals surface area contributed by atoms with Gasteiger partial charge in [0.1, 0.15) is 29.5 Å². The molecule has 1 fully saturated rings. The maximum Gasteiger partial charge on any atom is 0.646 e. The summed E-state index contributed by atoms with van der Waals surface area (Å²) in [7, 11) is -2.31. The summed E-state index contributed by atoms with van der Waals surface area (Å²) in [5, 5.41) is 15.8. The lowest BCUT2D eigenvalue weighted by Gasteiger charge is -2.24. The Morgan fingerprint density at radius 2 is 1.68 bits per heavy atom. The molecule has 9 nitrogen and oxygen atoms in total. The van der Waals surface area contributed by atoms with Crippen LogP contribution in [0.15, 0.2) is 78.6 Å². The molecule has 37 heavy (non-hydrogen) atoms. The molecule has 3 atom stereocenters. The Morgan fingerprint density at radius 1 is 1.05 bits per heavy atom. The van der Waals surface area contributed by atoms with Crippen LogP contribution in [-0.4, -0.2) is 27.3 Å². The predicted molar refractivity (Wildman–Crippen MR) is 135 cm³/mol. The first-order valence-corrected chi connectivity index (χ1v) is 13.6. The normalized spacial score (nSPS) is 22.7. The van der Waals surface area contributed by atoms with E-state index in [1.807, 2.05) is 18.2 Å². The number of rotatable bonds is 10. The van der Waals surface area contributed by atoms with Crippen LogP contribution in [0, 0.1) is 11.8 Å². The highest BCUT2D eigenvalue weighted by atomic mass is 31.2. The Bertz CT molecular complexity index is 1300. The molecule has 0 spiro atoms. The van der Waals surface area contributed by atoms with E-state index in [0.717, 1.165) is 0 Å². The van der Waals surface area contributed by atoms with Gasteiger partial charge in [0.15, 0.2) is 5.78 Å². The molecule has 10 heteroatoms. The molecule has 1 aromatic heterocycles. The van der Waals surface area contributed by atoms with Gasteiger partial charge in [-0.3, -0.25) is 9.48 Å². The van der Waals surface area contributed by atoms with Crippen LogP contribution in [0.3, 0.4) is 0 Å². The van der Waals surface area contributed by atoms with Gasteiger partial charge in [-0.25, -0.2) is 0 Å². The van der Waals surface area contributed by atoms with Crippen LogP contribution < -0.4 is 13.8 Å². The first-order valence-electron chi connectivity index (χ1n) is 12.1. The smallest absolute Gasteiger partial charge is 0.469 e. The summed E-state index contributed by atoms with van der Waals surface area (Å²) in [6, 6.07) is 19.2. The number of hydrogen-bond acceptors (Lipinski definition) is 8. The number of phosphoric acid groups is 1. The zero-order chi connectivity index (χ0) is 26.0. The largest absolute Gasteiger partial charge is 0.646 e. The third-order valence-electron chi connectivity index (χ3n) is 6.55. The van der Waals surface area contributed by atoms with Gasteiger partial charge >= 0.3 is 7.82 Å². The van der Waals surface area contributed by atoms with Crippen LogP contribution in [0.25, 0.3) is 0 Å². The van der Waals surface area contributed by atoms with Crippen molar-refractivity contribution in [1.82, 2.24) is 9.78 Å². The lowest BCUT2D eigenvalue weighted by atomic mass is 9.95. The average molecular weight is 525 g/mol. The predicted octanol–water partition coefficient (Wildman–Crippen LogP) is 5.17. The number of Topliss-reactive ketones (excluding diaryl/α,β-unsaturated/α-hetero) is 1. The van der Waals surface area contributed by atoms with Crippen molar-refractivity contribution >= 4 is 13.6 Å². The molecule has 2 aromatic carbocycles. The fourth-order valence-corrected chi connectivity index (χ4v) is 6.32. The Morgan fingerprint density at radius 3 is 2.24 bits per heavy atom. The van der Waals surface area contributed by atoms with E-state index in [-0.39, 0.29) is 24.2 Å².